The summed E-state index contributed by atoms with van der Waals surface area (Å²) in [5, 5.41) is 19.1. The van der Waals surface area contributed by atoms with Crippen molar-refractivity contribution in [2.75, 3.05) is 0 Å². The van der Waals surface area contributed by atoms with Crippen molar-refractivity contribution in [2.24, 2.45) is 0 Å². The van der Waals surface area contributed by atoms with E-state index in [4.69, 9.17) is 21.7 Å². The molecule has 0 spiro atoms. The number of nitrogens with zero attached hydrogens (tertiary/aromatic N) is 2. The molecule has 0 heterocycles. The Morgan fingerprint density at radius 2 is 2.22 bits per heavy atom. The van der Waals surface area contributed by atoms with Crippen LogP contribution in [0.3, 0.4) is 0 Å². The zero-order valence-corrected chi connectivity index (χ0v) is 10.3. The summed E-state index contributed by atoms with van der Waals surface area (Å²) in [5.41, 5.74) is 0.581. The topological polar surface area (TPSA) is 88.2 Å². The summed E-state index contributed by atoms with van der Waals surface area (Å²) in [7, 11) is 0. The molecular weight excluding hydrogens is 265 g/mol. The van der Waals surface area contributed by atoms with Crippen LogP contribution < -0.4 is 10.3 Å². The highest BCUT2D eigenvalue weighted by molar-refractivity contribution is 6.32. The van der Waals surface area contributed by atoms with Gasteiger partial charge in [-0.1, -0.05) is 11.6 Å². The van der Waals surface area contributed by atoms with Crippen LogP contribution in [0.5, 0.6) is 5.75 Å². The van der Waals surface area contributed by atoms with E-state index >= 15 is 0 Å². The molecule has 0 unspecified atom stereocenters. The first-order valence-corrected chi connectivity index (χ1v) is 5.13. The Kier molecular flexibility index (Phi) is 4.06. The van der Waals surface area contributed by atoms with Crippen LogP contribution in [0.1, 0.15) is 13.8 Å². The lowest BCUT2D eigenvalue weighted by Gasteiger charge is -2.17. The third-order valence-corrected chi connectivity index (χ3v) is 2.19. The summed E-state index contributed by atoms with van der Waals surface area (Å²) < 4.78 is 13.2. The van der Waals surface area contributed by atoms with Gasteiger partial charge in [0.15, 0.2) is 5.75 Å². The summed E-state index contributed by atoms with van der Waals surface area (Å²) in [6.45, 7) is 3.05. The molecule has 0 bridgehead atoms. The summed E-state index contributed by atoms with van der Waals surface area (Å²) in [4.78, 5) is 14.6. The van der Waals surface area contributed by atoms with E-state index in [9.17, 15) is 14.5 Å². The van der Waals surface area contributed by atoms with Crippen LogP contribution in [-0.2, 0) is 0 Å². The standard InChI is InChI=1S/C10H9ClFN3O3/c1-10(2,5-13)14-18-9-4-8(15(16)17)7(12)3-6(9)11/h3-4,14H,1-2H3. The van der Waals surface area contributed by atoms with Crippen molar-refractivity contribution in [2.45, 2.75) is 19.4 Å². The van der Waals surface area contributed by atoms with Gasteiger partial charge in [0.2, 0.25) is 5.82 Å². The van der Waals surface area contributed by atoms with Crippen LogP contribution in [0.2, 0.25) is 5.02 Å². The Labute approximate surface area is 107 Å². The Bertz CT molecular complexity index is 528. The SMILES string of the molecule is CC(C)(C#N)NOc1cc([N+](=O)[O-])c(F)cc1Cl. The summed E-state index contributed by atoms with van der Waals surface area (Å²) >= 11 is 5.67. The van der Waals surface area contributed by atoms with Gasteiger partial charge in [-0.3, -0.25) is 10.1 Å². The summed E-state index contributed by atoms with van der Waals surface area (Å²) in [6.07, 6.45) is 0. The van der Waals surface area contributed by atoms with Crippen LogP contribution in [0.25, 0.3) is 0 Å². The second kappa shape index (κ2) is 5.16. The molecular formula is C10H9ClFN3O3. The normalized spacial score (nSPS) is 10.8. The van der Waals surface area contributed by atoms with E-state index in [0.717, 1.165) is 12.1 Å². The lowest BCUT2D eigenvalue weighted by atomic mass is 10.1. The number of benzene rings is 1. The molecule has 0 aliphatic rings. The van der Waals surface area contributed by atoms with Crippen molar-refractivity contribution >= 4 is 17.3 Å². The Balaban J connectivity index is 3.00. The van der Waals surface area contributed by atoms with Crippen molar-refractivity contribution in [1.29, 1.82) is 5.26 Å². The fourth-order valence-corrected chi connectivity index (χ4v) is 1.13. The molecule has 1 rings (SSSR count). The monoisotopic (exact) mass is 273 g/mol. The number of hydrogen-bond acceptors (Lipinski definition) is 5. The molecule has 0 saturated heterocycles. The van der Waals surface area contributed by atoms with E-state index in [-0.39, 0.29) is 10.8 Å². The molecule has 0 saturated carbocycles. The van der Waals surface area contributed by atoms with Crippen molar-refractivity contribution < 1.29 is 14.2 Å². The van der Waals surface area contributed by atoms with Crippen LogP contribution in [-0.4, -0.2) is 10.5 Å². The maximum absolute atomic E-state index is 13.2. The van der Waals surface area contributed by atoms with Gasteiger partial charge in [-0.15, -0.1) is 5.48 Å². The predicted molar refractivity (Wildman–Crippen MR) is 61.5 cm³/mol. The van der Waals surface area contributed by atoms with E-state index in [1.165, 1.54) is 13.8 Å². The molecule has 1 aromatic carbocycles. The summed E-state index contributed by atoms with van der Waals surface area (Å²) in [6, 6.07) is 3.51. The van der Waals surface area contributed by atoms with Gasteiger partial charge < -0.3 is 4.84 Å². The van der Waals surface area contributed by atoms with Gasteiger partial charge in [0.1, 0.15) is 5.54 Å². The molecule has 0 aliphatic carbocycles. The molecule has 0 radical (unpaired) electrons. The minimum atomic E-state index is -1.06. The van der Waals surface area contributed by atoms with Crippen LogP contribution in [0.4, 0.5) is 10.1 Å². The van der Waals surface area contributed by atoms with Gasteiger partial charge in [0.25, 0.3) is 0 Å². The maximum atomic E-state index is 13.2. The largest absolute Gasteiger partial charge is 0.405 e. The van der Waals surface area contributed by atoms with Crippen molar-refractivity contribution in [1.82, 2.24) is 5.48 Å². The lowest BCUT2D eigenvalue weighted by molar-refractivity contribution is -0.387. The maximum Gasteiger partial charge on any atom is 0.308 e. The highest BCUT2D eigenvalue weighted by Gasteiger charge is 2.21. The predicted octanol–water partition coefficient (Wildman–Crippen LogP) is 2.57. The third-order valence-electron chi connectivity index (χ3n) is 1.89. The Hall–Kier alpha value is -1.91. The number of nitriles is 1. The first-order chi connectivity index (χ1) is 8.26. The number of hydroxylamine groups is 1. The zero-order chi connectivity index (χ0) is 13.9. The average molecular weight is 274 g/mol. The van der Waals surface area contributed by atoms with Crippen molar-refractivity contribution in [3.8, 4) is 11.8 Å². The zero-order valence-electron chi connectivity index (χ0n) is 9.53. The molecule has 96 valence electrons. The molecule has 0 amide bonds. The quantitative estimate of drug-likeness (QED) is 0.673. The minimum absolute atomic E-state index is 0.131. The Morgan fingerprint density at radius 1 is 1.61 bits per heavy atom. The number of halogens is 2. The molecule has 1 aromatic rings. The first kappa shape index (κ1) is 14.2. The van der Waals surface area contributed by atoms with Gasteiger partial charge >= 0.3 is 5.69 Å². The van der Waals surface area contributed by atoms with Crippen molar-refractivity contribution in [3.05, 3.63) is 33.1 Å². The van der Waals surface area contributed by atoms with E-state index in [1.54, 1.807) is 0 Å². The number of hydrogen-bond donors (Lipinski definition) is 1. The van der Waals surface area contributed by atoms with Crippen LogP contribution in [0.15, 0.2) is 12.1 Å². The number of rotatable bonds is 4. The molecule has 1 N–H and O–H groups in total. The smallest absolute Gasteiger partial charge is 0.308 e. The van der Waals surface area contributed by atoms with Gasteiger partial charge in [0, 0.05) is 6.07 Å². The highest BCUT2D eigenvalue weighted by atomic mass is 35.5. The van der Waals surface area contributed by atoms with E-state index in [1.807, 2.05) is 6.07 Å². The third kappa shape index (κ3) is 3.29. The van der Waals surface area contributed by atoms with E-state index in [0.29, 0.717) is 0 Å². The lowest BCUT2D eigenvalue weighted by Crippen LogP contribution is -2.40. The number of nitrogens with one attached hydrogen (secondary N) is 1. The second-order valence-electron chi connectivity index (χ2n) is 3.93. The van der Waals surface area contributed by atoms with Crippen LogP contribution in [0, 0.1) is 27.3 Å². The number of nitro benzene ring substituents is 1. The average Bonchev–Trinajstić information content (AvgIpc) is 2.27. The molecule has 0 aliphatic heterocycles. The fraction of sp³-hybridized carbons (Fsp3) is 0.300. The highest BCUT2D eigenvalue weighted by Crippen LogP contribution is 2.31. The number of nitro groups is 1. The molecule has 6 nitrogen and oxygen atoms in total. The van der Waals surface area contributed by atoms with Gasteiger partial charge in [-0.25, -0.2) is 0 Å². The van der Waals surface area contributed by atoms with Gasteiger partial charge in [0.05, 0.1) is 22.1 Å². The summed E-state index contributed by atoms with van der Waals surface area (Å²) in [5.74, 6) is -1.19. The van der Waals surface area contributed by atoms with Gasteiger partial charge in [-0.05, 0) is 13.8 Å². The van der Waals surface area contributed by atoms with Gasteiger partial charge in [-0.2, -0.15) is 9.65 Å². The molecule has 0 atom stereocenters. The first-order valence-electron chi connectivity index (χ1n) is 4.75. The molecule has 0 aromatic heterocycles. The molecule has 8 heteroatoms. The Morgan fingerprint density at radius 3 is 2.72 bits per heavy atom. The second-order valence-corrected chi connectivity index (χ2v) is 4.34. The molecule has 0 fully saturated rings. The van der Waals surface area contributed by atoms with E-state index < -0.39 is 22.0 Å². The fourth-order valence-electron chi connectivity index (χ4n) is 0.942. The van der Waals surface area contributed by atoms with E-state index in [2.05, 4.69) is 5.48 Å². The molecule has 18 heavy (non-hydrogen) atoms. The minimum Gasteiger partial charge on any atom is -0.405 e. The van der Waals surface area contributed by atoms with Crippen LogP contribution >= 0.6 is 11.6 Å². The van der Waals surface area contributed by atoms with Crippen molar-refractivity contribution in [3.63, 3.8) is 0 Å².